The maximum atomic E-state index is 12.6. The first kappa shape index (κ1) is 17.7. The van der Waals surface area contributed by atoms with E-state index in [1.54, 1.807) is 0 Å². The van der Waals surface area contributed by atoms with Gasteiger partial charge < -0.3 is 15.5 Å². The van der Waals surface area contributed by atoms with Gasteiger partial charge in [0.05, 0.1) is 30.4 Å². The van der Waals surface area contributed by atoms with Gasteiger partial charge in [-0.15, -0.1) is 0 Å². The van der Waals surface area contributed by atoms with Crippen molar-refractivity contribution in [2.24, 2.45) is 0 Å². The van der Waals surface area contributed by atoms with Crippen LogP contribution in [0.2, 0.25) is 0 Å². The number of hydrogen-bond acceptors (Lipinski definition) is 3. The number of rotatable bonds is 5. The highest BCUT2D eigenvalue weighted by Gasteiger charge is 2.36. The lowest BCUT2D eigenvalue weighted by Gasteiger charge is -2.17. The van der Waals surface area contributed by atoms with Crippen molar-refractivity contribution in [2.75, 3.05) is 13.2 Å². The lowest BCUT2D eigenvalue weighted by Crippen LogP contribution is -2.35. The van der Waals surface area contributed by atoms with Gasteiger partial charge in [0.15, 0.2) is 0 Å². The van der Waals surface area contributed by atoms with Crippen LogP contribution in [0, 0.1) is 0 Å². The fraction of sp³-hybridized carbons (Fsp3) is 0.500. The molecule has 3 nitrogen and oxygen atoms in total. The Balaban J connectivity index is 3.08. The Kier molecular flexibility index (Phi) is 5.60. The molecule has 0 aliphatic rings. The minimum atomic E-state index is -4.90. The molecule has 1 aromatic rings. The molecule has 0 aliphatic carbocycles. The molecular weight excluding hydrogens is 304 g/mol. The maximum Gasteiger partial charge on any atom is 0.416 e. The third-order valence-electron chi connectivity index (χ3n) is 2.68. The van der Waals surface area contributed by atoms with Crippen LogP contribution >= 0.6 is 0 Å². The van der Waals surface area contributed by atoms with Crippen molar-refractivity contribution in [1.29, 1.82) is 0 Å². The van der Waals surface area contributed by atoms with Gasteiger partial charge in [-0.05, 0) is 23.8 Å². The number of aliphatic hydroxyl groups is 2. The zero-order valence-corrected chi connectivity index (χ0v) is 10.6. The van der Waals surface area contributed by atoms with Crippen LogP contribution in [0.3, 0.4) is 0 Å². The van der Waals surface area contributed by atoms with Crippen LogP contribution in [-0.2, 0) is 18.9 Å². The van der Waals surface area contributed by atoms with E-state index < -0.39 is 42.7 Å². The normalized spacial score (nSPS) is 13.0. The summed E-state index contributed by atoms with van der Waals surface area (Å²) in [7, 11) is 0. The van der Waals surface area contributed by atoms with Crippen molar-refractivity contribution in [3.05, 3.63) is 34.9 Å². The van der Waals surface area contributed by atoms with E-state index in [1.165, 1.54) is 0 Å². The first-order chi connectivity index (χ1) is 9.57. The van der Waals surface area contributed by atoms with E-state index in [1.807, 2.05) is 0 Å². The van der Waals surface area contributed by atoms with Crippen LogP contribution in [0.25, 0.3) is 0 Å². The van der Waals surface area contributed by atoms with Crippen LogP contribution in [-0.4, -0.2) is 29.5 Å². The molecule has 1 rings (SSSR count). The maximum absolute atomic E-state index is 12.6. The molecule has 21 heavy (non-hydrogen) atoms. The van der Waals surface area contributed by atoms with Gasteiger partial charge in [-0.3, -0.25) is 0 Å². The molecule has 0 bridgehead atoms. The first-order valence-corrected chi connectivity index (χ1v) is 5.81. The Labute approximate surface area is 116 Å². The number of hydrogen-bond donors (Lipinski definition) is 3. The number of halogens is 6. The third kappa shape index (κ3) is 5.18. The zero-order chi connectivity index (χ0) is 16.3. The molecule has 0 fully saturated rings. The van der Waals surface area contributed by atoms with Crippen LogP contribution < -0.4 is 5.32 Å². The molecular formula is C12H13F6NO2. The Hall–Kier alpha value is -1.32. The topological polar surface area (TPSA) is 52.5 Å². The van der Waals surface area contributed by atoms with Crippen LogP contribution in [0.5, 0.6) is 0 Å². The van der Waals surface area contributed by atoms with Gasteiger partial charge in [-0.25, -0.2) is 0 Å². The van der Waals surface area contributed by atoms with Crippen molar-refractivity contribution >= 4 is 0 Å². The largest absolute Gasteiger partial charge is 0.416 e. The Morgan fingerprint density at radius 1 is 0.857 bits per heavy atom. The zero-order valence-electron chi connectivity index (χ0n) is 10.6. The number of alkyl halides is 6. The molecule has 1 aromatic carbocycles. The second-order valence-electron chi connectivity index (χ2n) is 4.36. The van der Waals surface area contributed by atoms with Crippen molar-refractivity contribution in [2.45, 2.75) is 24.9 Å². The quantitative estimate of drug-likeness (QED) is 0.730. The van der Waals surface area contributed by atoms with Crippen LogP contribution in [0.4, 0.5) is 26.3 Å². The minimum Gasteiger partial charge on any atom is -0.395 e. The third-order valence-corrected chi connectivity index (χ3v) is 2.68. The summed E-state index contributed by atoms with van der Waals surface area (Å²) in [4.78, 5) is 0. The van der Waals surface area contributed by atoms with Gasteiger partial charge in [0.1, 0.15) is 0 Å². The van der Waals surface area contributed by atoms with Crippen molar-refractivity contribution < 1.29 is 36.6 Å². The van der Waals surface area contributed by atoms with Crippen molar-refractivity contribution in [3.63, 3.8) is 0 Å². The lowest BCUT2D eigenvalue weighted by atomic mass is 10.0. The fourth-order valence-electron chi connectivity index (χ4n) is 1.57. The second kappa shape index (κ2) is 6.63. The molecule has 0 saturated heterocycles. The van der Waals surface area contributed by atoms with E-state index in [-0.39, 0.29) is 18.2 Å². The summed E-state index contributed by atoms with van der Waals surface area (Å²) in [5, 5.41) is 20.0. The predicted molar refractivity (Wildman–Crippen MR) is 61.2 cm³/mol. The molecule has 0 atom stereocenters. The molecule has 0 unspecified atom stereocenters. The summed E-state index contributed by atoms with van der Waals surface area (Å²) < 4.78 is 75.6. The smallest absolute Gasteiger partial charge is 0.395 e. The summed E-state index contributed by atoms with van der Waals surface area (Å²) in [6, 6.07) is 0.398. The molecule has 0 spiro atoms. The summed E-state index contributed by atoms with van der Waals surface area (Å²) >= 11 is 0. The summed E-state index contributed by atoms with van der Waals surface area (Å²) in [6.07, 6.45) is -9.80. The lowest BCUT2D eigenvalue weighted by molar-refractivity contribution is -0.143. The van der Waals surface area contributed by atoms with Gasteiger partial charge in [0, 0.05) is 6.54 Å². The van der Waals surface area contributed by atoms with E-state index in [2.05, 4.69) is 5.32 Å². The van der Waals surface area contributed by atoms with E-state index in [9.17, 15) is 26.3 Å². The summed E-state index contributed by atoms with van der Waals surface area (Å²) in [5.74, 6) is 0. The molecule has 0 radical (unpaired) electrons. The van der Waals surface area contributed by atoms with E-state index >= 15 is 0 Å². The number of benzene rings is 1. The minimum absolute atomic E-state index is 0.0407. The van der Waals surface area contributed by atoms with Crippen LogP contribution in [0.15, 0.2) is 18.2 Å². The second-order valence-corrected chi connectivity index (χ2v) is 4.36. The molecule has 0 saturated carbocycles. The van der Waals surface area contributed by atoms with Crippen molar-refractivity contribution in [3.8, 4) is 0 Å². The monoisotopic (exact) mass is 317 g/mol. The standard InChI is InChI=1S/C12H13F6NO2/c13-11(14,15)8-1-7(4-19-10(5-20)6-21)2-9(3-8)12(16,17)18/h1-3,10,19-21H,4-6H2. The van der Waals surface area contributed by atoms with E-state index in [0.717, 1.165) is 0 Å². The molecule has 0 amide bonds. The average Bonchev–Trinajstić information content (AvgIpc) is 2.37. The SMILES string of the molecule is OCC(CO)NCc1cc(C(F)(F)F)cc(C(F)(F)F)c1. The average molecular weight is 317 g/mol. The molecule has 0 aromatic heterocycles. The predicted octanol–water partition coefficient (Wildman–Crippen LogP) is 2.17. The Morgan fingerprint density at radius 2 is 1.29 bits per heavy atom. The highest BCUT2D eigenvalue weighted by Crippen LogP contribution is 2.36. The fourth-order valence-corrected chi connectivity index (χ4v) is 1.57. The van der Waals surface area contributed by atoms with Crippen molar-refractivity contribution in [1.82, 2.24) is 5.32 Å². The van der Waals surface area contributed by atoms with E-state index in [0.29, 0.717) is 12.1 Å². The molecule has 9 heteroatoms. The van der Waals surface area contributed by atoms with Gasteiger partial charge in [-0.2, -0.15) is 26.3 Å². The summed E-state index contributed by atoms with van der Waals surface area (Å²) in [6.45, 7) is -1.35. The Morgan fingerprint density at radius 3 is 1.62 bits per heavy atom. The molecule has 3 N–H and O–H groups in total. The number of aliphatic hydroxyl groups excluding tert-OH is 2. The van der Waals surface area contributed by atoms with Gasteiger partial charge >= 0.3 is 12.4 Å². The summed E-state index contributed by atoms with van der Waals surface area (Å²) in [5.41, 5.74) is -3.05. The van der Waals surface area contributed by atoms with E-state index in [4.69, 9.17) is 10.2 Å². The highest BCUT2D eigenvalue weighted by molar-refractivity contribution is 5.33. The molecule has 120 valence electrons. The van der Waals surface area contributed by atoms with Gasteiger partial charge in [0.2, 0.25) is 0 Å². The first-order valence-electron chi connectivity index (χ1n) is 5.81. The van der Waals surface area contributed by atoms with Crippen LogP contribution in [0.1, 0.15) is 16.7 Å². The van der Waals surface area contributed by atoms with Gasteiger partial charge in [0.25, 0.3) is 0 Å². The Bertz CT molecular complexity index is 436. The number of nitrogens with one attached hydrogen (secondary N) is 1. The molecule has 0 heterocycles. The highest BCUT2D eigenvalue weighted by atomic mass is 19.4. The van der Waals surface area contributed by atoms with Gasteiger partial charge in [-0.1, -0.05) is 0 Å². The molecule has 0 aliphatic heterocycles.